The summed E-state index contributed by atoms with van der Waals surface area (Å²) in [5.74, 6) is 0.157. The van der Waals surface area contributed by atoms with Crippen molar-refractivity contribution in [2.24, 2.45) is 5.92 Å². The van der Waals surface area contributed by atoms with Crippen molar-refractivity contribution in [1.29, 1.82) is 0 Å². The molecule has 1 atom stereocenters. The van der Waals surface area contributed by atoms with Gasteiger partial charge in [0.05, 0.1) is 19.6 Å². The van der Waals surface area contributed by atoms with Crippen LogP contribution in [0.15, 0.2) is 28.7 Å². The predicted octanol–water partition coefficient (Wildman–Crippen LogP) is 2.16. The molecule has 0 fully saturated rings. The number of carboxylic acid groups (broad SMARTS) is 1. The normalized spacial score (nSPS) is 15.8. The van der Waals surface area contributed by atoms with E-state index < -0.39 is 5.97 Å². The summed E-state index contributed by atoms with van der Waals surface area (Å²) in [4.78, 5) is 23.3. The van der Waals surface area contributed by atoms with Crippen LogP contribution in [0.5, 0.6) is 11.5 Å². The first kappa shape index (κ1) is 16.9. The Morgan fingerprint density at radius 1 is 1.36 bits per heavy atom. The number of carbonyl (C=O) groups excluding carboxylic acids is 1. The zero-order chi connectivity index (χ0) is 18.0. The molecular weight excluding hydrogens is 326 g/mol. The molecule has 7 nitrogen and oxygen atoms in total. The van der Waals surface area contributed by atoms with E-state index in [1.54, 1.807) is 20.1 Å². The molecule has 1 unspecified atom stereocenters. The molecule has 1 aromatic heterocycles. The van der Waals surface area contributed by atoms with E-state index in [9.17, 15) is 9.59 Å². The van der Waals surface area contributed by atoms with Crippen LogP contribution in [0, 0.1) is 12.8 Å². The number of carbonyl (C=O) groups is 2. The fourth-order valence-electron chi connectivity index (χ4n) is 2.81. The second-order valence-electron chi connectivity index (χ2n) is 5.93. The largest absolute Gasteiger partial charge is 0.497 e. The van der Waals surface area contributed by atoms with Gasteiger partial charge in [-0.3, -0.25) is 4.79 Å². The van der Waals surface area contributed by atoms with Gasteiger partial charge in [0.1, 0.15) is 23.9 Å². The number of amides is 1. The number of ether oxygens (including phenoxy) is 2. The number of hydrogen-bond acceptors (Lipinski definition) is 5. The number of aromatic carboxylic acids is 1. The van der Waals surface area contributed by atoms with E-state index in [0.29, 0.717) is 23.5 Å². The molecule has 1 aliphatic rings. The quantitative estimate of drug-likeness (QED) is 0.862. The van der Waals surface area contributed by atoms with Gasteiger partial charge in [-0.1, -0.05) is 6.07 Å². The molecule has 0 radical (unpaired) electrons. The van der Waals surface area contributed by atoms with E-state index in [2.05, 4.69) is 5.32 Å². The highest BCUT2D eigenvalue weighted by molar-refractivity contribution is 5.86. The van der Waals surface area contributed by atoms with Gasteiger partial charge >= 0.3 is 5.97 Å². The Labute approximate surface area is 144 Å². The third kappa shape index (κ3) is 3.60. The van der Waals surface area contributed by atoms with Crippen molar-refractivity contribution in [3.05, 3.63) is 46.9 Å². The molecule has 2 heterocycles. The fourth-order valence-corrected chi connectivity index (χ4v) is 2.81. The highest BCUT2D eigenvalue weighted by atomic mass is 16.5. The van der Waals surface area contributed by atoms with Crippen LogP contribution in [0.2, 0.25) is 0 Å². The maximum absolute atomic E-state index is 12.4. The summed E-state index contributed by atoms with van der Waals surface area (Å²) in [6, 6.07) is 7.15. The number of methoxy groups -OCH3 is 1. The zero-order valence-electron chi connectivity index (χ0n) is 14.0. The average Bonchev–Trinajstić information content (AvgIpc) is 2.99. The molecule has 2 N–H and O–H groups in total. The Kier molecular flexibility index (Phi) is 4.65. The molecule has 1 aromatic carbocycles. The van der Waals surface area contributed by atoms with Crippen LogP contribution in [0.4, 0.5) is 0 Å². The average molecular weight is 345 g/mol. The molecule has 0 saturated carbocycles. The number of fused-ring (bicyclic) bond motifs is 1. The van der Waals surface area contributed by atoms with Gasteiger partial charge in [0, 0.05) is 11.6 Å². The summed E-state index contributed by atoms with van der Waals surface area (Å²) in [5.41, 5.74) is 1.48. The number of carboxylic acids is 1. The van der Waals surface area contributed by atoms with Crippen molar-refractivity contribution < 1.29 is 28.6 Å². The van der Waals surface area contributed by atoms with E-state index in [0.717, 1.165) is 11.3 Å². The molecule has 0 spiro atoms. The van der Waals surface area contributed by atoms with Gasteiger partial charge in [-0.25, -0.2) is 4.79 Å². The number of benzene rings is 1. The van der Waals surface area contributed by atoms with Crippen LogP contribution in [0.1, 0.15) is 27.4 Å². The maximum atomic E-state index is 12.4. The second kappa shape index (κ2) is 6.88. The standard InChI is InChI=1S/C18H19NO6/c1-10-5-14(25-16(10)18(21)22)8-19-17(20)12-6-11-3-4-13(23-2)7-15(11)24-9-12/h3-5,7,12H,6,8-9H2,1-2H3,(H,19,20)(H,21,22). The Hall–Kier alpha value is -2.96. The van der Waals surface area contributed by atoms with E-state index >= 15 is 0 Å². The third-order valence-electron chi connectivity index (χ3n) is 4.15. The lowest BCUT2D eigenvalue weighted by Crippen LogP contribution is -2.37. The number of nitrogens with one attached hydrogen (secondary N) is 1. The first-order valence-electron chi connectivity index (χ1n) is 7.88. The van der Waals surface area contributed by atoms with Crippen molar-refractivity contribution in [2.75, 3.05) is 13.7 Å². The lowest BCUT2D eigenvalue weighted by Gasteiger charge is -2.24. The SMILES string of the molecule is COc1ccc2c(c1)OCC(C(=O)NCc1cc(C)c(C(=O)O)o1)C2. The molecular formula is C18H19NO6. The summed E-state index contributed by atoms with van der Waals surface area (Å²) < 4.78 is 16.1. The fraction of sp³-hybridized carbons (Fsp3) is 0.333. The van der Waals surface area contributed by atoms with E-state index in [4.69, 9.17) is 19.0 Å². The van der Waals surface area contributed by atoms with E-state index in [-0.39, 0.29) is 30.7 Å². The zero-order valence-corrected chi connectivity index (χ0v) is 14.0. The second-order valence-corrected chi connectivity index (χ2v) is 5.93. The Morgan fingerprint density at radius 2 is 2.16 bits per heavy atom. The van der Waals surface area contributed by atoms with Crippen molar-refractivity contribution in [3.63, 3.8) is 0 Å². The van der Waals surface area contributed by atoms with Crippen molar-refractivity contribution >= 4 is 11.9 Å². The number of furan rings is 1. The minimum absolute atomic E-state index is 0.104. The van der Waals surface area contributed by atoms with Crippen molar-refractivity contribution in [3.8, 4) is 11.5 Å². The van der Waals surface area contributed by atoms with Gasteiger partial charge in [0.15, 0.2) is 0 Å². The van der Waals surface area contributed by atoms with Gasteiger partial charge in [0.25, 0.3) is 0 Å². The lowest BCUT2D eigenvalue weighted by atomic mass is 9.96. The van der Waals surface area contributed by atoms with Gasteiger partial charge in [-0.15, -0.1) is 0 Å². The molecule has 132 valence electrons. The molecule has 0 saturated heterocycles. The smallest absolute Gasteiger partial charge is 0.372 e. The Bertz CT molecular complexity index is 810. The van der Waals surface area contributed by atoms with Crippen LogP contribution in [-0.4, -0.2) is 30.7 Å². The molecule has 1 aliphatic heterocycles. The van der Waals surface area contributed by atoms with Gasteiger partial charge in [0.2, 0.25) is 11.7 Å². The van der Waals surface area contributed by atoms with Gasteiger partial charge < -0.3 is 24.3 Å². The summed E-state index contributed by atoms with van der Waals surface area (Å²) >= 11 is 0. The highest BCUT2D eigenvalue weighted by Gasteiger charge is 2.26. The van der Waals surface area contributed by atoms with Crippen LogP contribution in [0.25, 0.3) is 0 Å². The lowest BCUT2D eigenvalue weighted by molar-refractivity contribution is -0.126. The van der Waals surface area contributed by atoms with Gasteiger partial charge in [-0.05, 0) is 31.0 Å². The maximum Gasteiger partial charge on any atom is 0.372 e. The number of hydrogen-bond donors (Lipinski definition) is 2. The van der Waals surface area contributed by atoms with Crippen LogP contribution < -0.4 is 14.8 Å². The van der Waals surface area contributed by atoms with E-state index in [1.165, 1.54) is 0 Å². The highest BCUT2D eigenvalue weighted by Crippen LogP contribution is 2.31. The number of aryl methyl sites for hydroxylation is 1. The minimum atomic E-state index is -1.12. The minimum Gasteiger partial charge on any atom is -0.497 e. The number of rotatable bonds is 5. The van der Waals surface area contributed by atoms with E-state index in [1.807, 2.05) is 18.2 Å². The topological polar surface area (TPSA) is 98.0 Å². The predicted molar refractivity (Wildman–Crippen MR) is 87.9 cm³/mol. The molecule has 3 rings (SSSR count). The summed E-state index contributed by atoms with van der Waals surface area (Å²) in [5, 5.41) is 11.8. The summed E-state index contributed by atoms with van der Waals surface area (Å²) in [6.45, 7) is 2.07. The molecule has 1 amide bonds. The summed E-state index contributed by atoms with van der Waals surface area (Å²) in [7, 11) is 1.59. The molecule has 0 aliphatic carbocycles. The van der Waals surface area contributed by atoms with Crippen molar-refractivity contribution in [2.45, 2.75) is 19.9 Å². The van der Waals surface area contributed by atoms with Crippen LogP contribution in [-0.2, 0) is 17.8 Å². The van der Waals surface area contributed by atoms with Crippen molar-refractivity contribution in [1.82, 2.24) is 5.32 Å². The van der Waals surface area contributed by atoms with Crippen LogP contribution in [0.3, 0.4) is 0 Å². The summed E-state index contributed by atoms with van der Waals surface area (Å²) in [6.07, 6.45) is 0.572. The van der Waals surface area contributed by atoms with Crippen LogP contribution >= 0.6 is 0 Å². The Balaban J connectivity index is 1.60. The molecule has 7 heteroatoms. The molecule has 25 heavy (non-hydrogen) atoms. The van der Waals surface area contributed by atoms with Gasteiger partial charge in [-0.2, -0.15) is 0 Å². The third-order valence-corrected chi connectivity index (χ3v) is 4.15. The first-order valence-corrected chi connectivity index (χ1v) is 7.88. The Morgan fingerprint density at radius 3 is 2.84 bits per heavy atom. The molecule has 0 bridgehead atoms. The monoisotopic (exact) mass is 345 g/mol. The first-order chi connectivity index (χ1) is 12.0. The molecule has 2 aromatic rings.